The molecule has 6 heteroatoms. The molecule has 1 aliphatic rings. The number of nitrogens with two attached hydrogens (primary N) is 1. The van der Waals surface area contributed by atoms with E-state index in [9.17, 15) is 8.42 Å². The molecule has 0 atom stereocenters. The highest BCUT2D eigenvalue weighted by atomic mass is 32.2. The van der Waals surface area contributed by atoms with Crippen LogP contribution in [0.4, 0.5) is 5.69 Å². The van der Waals surface area contributed by atoms with Gasteiger partial charge in [-0.15, -0.1) is 0 Å². The van der Waals surface area contributed by atoms with Crippen LogP contribution < -0.4 is 10.5 Å². The molecule has 0 aliphatic heterocycles. The molecule has 0 radical (unpaired) electrons. The maximum Gasteiger partial charge on any atom is 0.240 e. The van der Waals surface area contributed by atoms with Gasteiger partial charge < -0.3 is 10.6 Å². The Balaban J connectivity index is 1.83. The molecule has 1 saturated carbocycles. The molecule has 0 bridgehead atoms. The highest BCUT2D eigenvalue weighted by Crippen LogP contribution is 2.21. The van der Waals surface area contributed by atoms with Gasteiger partial charge in [0.2, 0.25) is 10.0 Å². The van der Waals surface area contributed by atoms with Gasteiger partial charge in [-0.05, 0) is 44.2 Å². The molecule has 1 aliphatic carbocycles. The molecule has 0 saturated heterocycles. The summed E-state index contributed by atoms with van der Waals surface area (Å²) >= 11 is 0. The van der Waals surface area contributed by atoms with E-state index >= 15 is 0 Å². The molecule has 0 amide bonds. The van der Waals surface area contributed by atoms with Crippen molar-refractivity contribution in [1.29, 1.82) is 0 Å². The van der Waals surface area contributed by atoms with Crippen molar-refractivity contribution in [3.63, 3.8) is 0 Å². The lowest BCUT2D eigenvalue weighted by Gasteiger charge is -2.31. The van der Waals surface area contributed by atoms with Crippen LogP contribution in [0.15, 0.2) is 29.2 Å². The fourth-order valence-electron chi connectivity index (χ4n) is 2.79. The summed E-state index contributed by atoms with van der Waals surface area (Å²) in [6.07, 6.45) is 6.34. The molecule has 5 nitrogen and oxygen atoms in total. The van der Waals surface area contributed by atoms with E-state index in [1.54, 1.807) is 12.1 Å². The number of hydrogen-bond acceptors (Lipinski definition) is 4. The molecular formula is C15H25N3O2S. The zero-order valence-corrected chi connectivity index (χ0v) is 13.4. The van der Waals surface area contributed by atoms with Crippen LogP contribution in [-0.4, -0.2) is 39.5 Å². The van der Waals surface area contributed by atoms with Gasteiger partial charge in [0.25, 0.3) is 0 Å². The van der Waals surface area contributed by atoms with E-state index in [4.69, 9.17) is 5.73 Å². The third-order valence-electron chi connectivity index (χ3n) is 4.15. The van der Waals surface area contributed by atoms with Crippen LogP contribution in [0.5, 0.6) is 0 Å². The molecule has 0 unspecified atom stereocenters. The van der Waals surface area contributed by atoms with Crippen molar-refractivity contribution in [3.05, 3.63) is 24.3 Å². The Labute approximate surface area is 127 Å². The van der Waals surface area contributed by atoms with Crippen molar-refractivity contribution in [2.45, 2.75) is 43.0 Å². The van der Waals surface area contributed by atoms with E-state index in [1.165, 1.54) is 44.2 Å². The van der Waals surface area contributed by atoms with E-state index in [-0.39, 0.29) is 4.90 Å². The lowest BCUT2D eigenvalue weighted by molar-refractivity contribution is 0.195. The summed E-state index contributed by atoms with van der Waals surface area (Å²) in [5.74, 6) is 0. The Morgan fingerprint density at radius 1 is 1.19 bits per heavy atom. The van der Waals surface area contributed by atoms with Gasteiger partial charge in [-0.2, -0.15) is 0 Å². The minimum atomic E-state index is -3.44. The van der Waals surface area contributed by atoms with Crippen molar-refractivity contribution in [2.24, 2.45) is 0 Å². The molecular weight excluding hydrogens is 286 g/mol. The Bertz CT molecular complexity index is 537. The van der Waals surface area contributed by atoms with Gasteiger partial charge in [0, 0.05) is 24.8 Å². The normalized spacial score (nSPS) is 17.2. The summed E-state index contributed by atoms with van der Waals surface area (Å²) in [4.78, 5) is 2.53. The number of nitrogen functional groups attached to an aromatic ring is 1. The fourth-order valence-corrected chi connectivity index (χ4v) is 3.81. The van der Waals surface area contributed by atoms with Gasteiger partial charge >= 0.3 is 0 Å². The Morgan fingerprint density at radius 2 is 1.81 bits per heavy atom. The maximum absolute atomic E-state index is 12.1. The number of sulfonamides is 1. The van der Waals surface area contributed by atoms with Crippen LogP contribution in [-0.2, 0) is 10.0 Å². The second kappa shape index (κ2) is 7.24. The van der Waals surface area contributed by atoms with Gasteiger partial charge in [0.05, 0.1) is 4.90 Å². The predicted octanol–water partition coefficient (Wildman–Crippen LogP) is 1.81. The van der Waals surface area contributed by atoms with Gasteiger partial charge in [0.1, 0.15) is 0 Å². The summed E-state index contributed by atoms with van der Waals surface area (Å²) in [5, 5.41) is 0. The van der Waals surface area contributed by atoms with Crippen LogP contribution >= 0.6 is 0 Å². The van der Waals surface area contributed by atoms with Crippen LogP contribution in [0.1, 0.15) is 32.1 Å². The first-order valence-corrected chi connectivity index (χ1v) is 9.03. The molecule has 1 aromatic rings. The van der Waals surface area contributed by atoms with Crippen LogP contribution in [0, 0.1) is 0 Å². The second-order valence-corrected chi connectivity index (χ2v) is 7.51. The molecule has 0 heterocycles. The average molecular weight is 311 g/mol. The maximum atomic E-state index is 12.1. The van der Waals surface area contributed by atoms with Gasteiger partial charge in [-0.25, -0.2) is 13.1 Å². The minimum Gasteiger partial charge on any atom is -0.399 e. The highest BCUT2D eigenvalue weighted by molar-refractivity contribution is 7.89. The number of likely N-dealkylation sites (N-methyl/N-ethyl adjacent to an activating group) is 1. The number of anilines is 1. The predicted molar refractivity (Wildman–Crippen MR) is 85.5 cm³/mol. The van der Waals surface area contributed by atoms with Crippen molar-refractivity contribution in [2.75, 3.05) is 25.9 Å². The largest absolute Gasteiger partial charge is 0.399 e. The standard InChI is InChI=1S/C15H25N3O2S/c1-18(14-5-3-2-4-6-14)12-11-17-21(19,20)15-9-7-13(16)8-10-15/h7-10,14,17H,2-6,11-12,16H2,1H3. The molecule has 3 N–H and O–H groups in total. The monoisotopic (exact) mass is 311 g/mol. The molecule has 2 rings (SSSR count). The van der Waals surface area contributed by atoms with E-state index < -0.39 is 10.0 Å². The van der Waals surface area contributed by atoms with Crippen LogP contribution in [0.2, 0.25) is 0 Å². The third kappa shape index (κ3) is 4.69. The van der Waals surface area contributed by atoms with Crippen molar-refractivity contribution >= 4 is 15.7 Å². The summed E-state index contributed by atoms with van der Waals surface area (Å²) < 4.78 is 26.9. The van der Waals surface area contributed by atoms with Crippen molar-refractivity contribution in [3.8, 4) is 0 Å². The first kappa shape index (κ1) is 16.3. The summed E-state index contributed by atoms with van der Waals surface area (Å²) in [6, 6.07) is 6.86. The lowest BCUT2D eigenvalue weighted by Crippen LogP contribution is -2.39. The summed E-state index contributed by atoms with van der Waals surface area (Å²) in [5.41, 5.74) is 6.13. The molecule has 118 valence electrons. The zero-order valence-electron chi connectivity index (χ0n) is 12.6. The smallest absolute Gasteiger partial charge is 0.240 e. The van der Waals surface area contributed by atoms with E-state index in [1.807, 2.05) is 0 Å². The summed E-state index contributed by atoms with van der Waals surface area (Å²) in [7, 11) is -1.36. The number of nitrogens with zero attached hydrogens (tertiary/aromatic N) is 1. The number of hydrogen-bond donors (Lipinski definition) is 2. The number of benzene rings is 1. The van der Waals surface area contributed by atoms with Crippen LogP contribution in [0.25, 0.3) is 0 Å². The van der Waals surface area contributed by atoms with Gasteiger partial charge in [-0.1, -0.05) is 19.3 Å². The lowest BCUT2D eigenvalue weighted by atomic mass is 9.94. The SMILES string of the molecule is CN(CCNS(=O)(=O)c1ccc(N)cc1)C1CCCCC1. The minimum absolute atomic E-state index is 0.261. The van der Waals surface area contributed by atoms with Crippen LogP contribution in [0.3, 0.4) is 0 Å². The van der Waals surface area contributed by atoms with E-state index in [0.717, 1.165) is 6.54 Å². The van der Waals surface area contributed by atoms with E-state index in [2.05, 4.69) is 16.7 Å². The topological polar surface area (TPSA) is 75.4 Å². The Hall–Kier alpha value is -1.11. The van der Waals surface area contributed by atoms with E-state index in [0.29, 0.717) is 18.3 Å². The molecule has 1 fully saturated rings. The second-order valence-electron chi connectivity index (χ2n) is 5.74. The average Bonchev–Trinajstić information content (AvgIpc) is 2.48. The van der Waals surface area contributed by atoms with Crippen molar-refractivity contribution in [1.82, 2.24) is 9.62 Å². The highest BCUT2D eigenvalue weighted by Gasteiger charge is 2.18. The summed E-state index contributed by atoms with van der Waals surface area (Å²) in [6.45, 7) is 1.17. The third-order valence-corrected chi connectivity index (χ3v) is 5.62. The molecule has 21 heavy (non-hydrogen) atoms. The first-order valence-electron chi connectivity index (χ1n) is 7.54. The fraction of sp³-hybridized carbons (Fsp3) is 0.600. The molecule has 0 aromatic heterocycles. The quantitative estimate of drug-likeness (QED) is 0.786. The Morgan fingerprint density at radius 3 is 2.43 bits per heavy atom. The number of nitrogens with one attached hydrogen (secondary N) is 1. The Kier molecular flexibility index (Phi) is 5.61. The number of rotatable bonds is 6. The van der Waals surface area contributed by atoms with Gasteiger partial charge in [-0.3, -0.25) is 0 Å². The molecule has 1 aromatic carbocycles. The molecule has 0 spiro atoms. The first-order chi connectivity index (χ1) is 9.99. The van der Waals surface area contributed by atoms with Gasteiger partial charge in [0.15, 0.2) is 0 Å². The zero-order chi connectivity index (χ0) is 15.3. The van der Waals surface area contributed by atoms with Crippen molar-refractivity contribution < 1.29 is 8.42 Å².